The smallest absolute Gasteiger partial charge is 0.358 e. The number of fused-ring (bicyclic) bond motifs is 1. The molecule has 2 N–H and O–H groups in total. The van der Waals surface area contributed by atoms with Crippen LogP contribution in [0.2, 0.25) is 0 Å². The van der Waals surface area contributed by atoms with E-state index in [-0.39, 0.29) is 4.96 Å². The molecule has 0 spiro atoms. The van der Waals surface area contributed by atoms with Gasteiger partial charge in [0.2, 0.25) is 5.75 Å². The molecule has 0 amide bonds. The number of carboxylic acid groups (broad SMARTS) is 1. The highest BCUT2D eigenvalue weighted by Gasteiger charge is 2.21. The van der Waals surface area contributed by atoms with Gasteiger partial charge in [0.15, 0.2) is 10.7 Å². The Hall–Kier alpha value is -2.91. The van der Waals surface area contributed by atoms with Crippen LogP contribution in [0.15, 0.2) is 41.3 Å². The third-order valence-electron chi connectivity index (χ3n) is 4.63. The van der Waals surface area contributed by atoms with E-state index in [4.69, 9.17) is 5.11 Å². The van der Waals surface area contributed by atoms with Crippen LogP contribution < -0.4 is 10.5 Å². The molecule has 0 saturated carbocycles. The second-order valence-corrected chi connectivity index (χ2v) is 7.46. The van der Waals surface area contributed by atoms with Gasteiger partial charge >= 0.3 is 11.5 Å². The van der Waals surface area contributed by atoms with Gasteiger partial charge < -0.3 is 15.1 Å². The van der Waals surface area contributed by atoms with Gasteiger partial charge in [-0.3, -0.25) is 14.1 Å². The molecular formula is C18H18N4O4S. The molecule has 1 fully saturated rings. The van der Waals surface area contributed by atoms with Crippen molar-refractivity contribution < 1.29 is 15.0 Å². The van der Waals surface area contributed by atoms with Gasteiger partial charge in [-0.2, -0.15) is 0 Å². The molecule has 1 saturated heterocycles. The van der Waals surface area contributed by atoms with E-state index in [9.17, 15) is 14.7 Å². The maximum Gasteiger partial charge on any atom is 0.358 e. The SMILES string of the molecule is O=C(O)c1nc2sc(CN3CCN(c4ccccc4)CC3)cn2c(=O)c1O. The first-order chi connectivity index (χ1) is 13.0. The number of aromatic carboxylic acids is 1. The van der Waals surface area contributed by atoms with Crippen molar-refractivity contribution in [2.45, 2.75) is 6.54 Å². The number of aromatic hydroxyl groups is 1. The van der Waals surface area contributed by atoms with Crippen molar-refractivity contribution in [2.75, 3.05) is 31.1 Å². The van der Waals surface area contributed by atoms with Gasteiger partial charge in [-0.1, -0.05) is 29.5 Å². The zero-order chi connectivity index (χ0) is 19.0. The number of hydrogen-bond acceptors (Lipinski definition) is 7. The Bertz CT molecular complexity index is 1040. The van der Waals surface area contributed by atoms with E-state index < -0.39 is 23.0 Å². The molecule has 2 aromatic heterocycles. The average Bonchev–Trinajstić information content (AvgIpc) is 3.08. The third-order valence-corrected chi connectivity index (χ3v) is 5.60. The lowest BCUT2D eigenvalue weighted by atomic mass is 10.2. The fourth-order valence-corrected chi connectivity index (χ4v) is 4.23. The highest BCUT2D eigenvalue weighted by atomic mass is 32.1. The van der Waals surface area contributed by atoms with Crippen LogP contribution in [0.4, 0.5) is 5.69 Å². The molecule has 1 aliphatic heterocycles. The van der Waals surface area contributed by atoms with Gasteiger partial charge in [-0.15, -0.1) is 0 Å². The molecule has 1 aliphatic rings. The molecule has 27 heavy (non-hydrogen) atoms. The number of thiazole rings is 1. The predicted octanol–water partition coefficient (Wildman–Crippen LogP) is 1.48. The fourth-order valence-electron chi connectivity index (χ4n) is 3.22. The van der Waals surface area contributed by atoms with Crippen molar-refractivity contribution in [1.82, 2.24) is 14.3 Å². The van der Waals surface area contributed by atoms with E-state index in [0.717, 1.165) is 31.1 Å². The highest BCUT2D eigenvalue weighted by molar-refractivity contribution is 7.17. The number of aromatic nitrogens is 2. The summed E-state index contributed by atoms with van der Waals surface area (Å²) in [6, 6.07) is 10.3. The summed E-state index contributed by atoms with van der Waals surface area (Å²) in [5, 5.41) is 18.8. The third kappa shape index (κ3) is 3.38. The molecule has 0 radical (unpaired) electrons. The first-order valence-corrected chi connectivity index (χ1v) is 9.34. The van der Waals surface area contributed by atoms with Gasteiger partial charge in [0.25, 0.3) is 0 Å². The van der Waals surface area contributed by atoms with Gasteiger partial charge in [-0.25, -0.2) is 9.78 Å². The molecule has 8 nitrogen and oxygen atoms in total. The molecule has 0 atom stereocenters. The Morgan fingerprint density at radius 2 is 1.85 bits per heavy atom. The van der Waals surface area contributed by atoms with Gasteiger partial charge in [0.1, 0.15) is 0 Å². The molecule has 4 rings (SSSR count). The quantitative estimate of drug-likeness (QED) is 0.701. The van der Waals surface area contributed by atoms with Crippen LogP contribution in [0.25, 0.3) is 4.96 Å². The lowest BCUT2D eigenvalue weighted by Gasteiger charge is -2.35. The maximum absolute atomic E-state index is 12.2. The van der Waals surface area contributed by atoms with Crippen molar-refractivity contribution in [2.24, 2.45) is 0 Å². The standard InChI is InChI=1S/C18H18N4O4S/c23-15-14(17(25)26)19-18-22(16(15)24)11-13(27-18)10-20-6-8-21(9-7-20)12-4-2-1-3-5-12/h1-5,11,23H,6-10H2,(H,25,26). The first-order valence-electron chi connectivity index (χ1n) is 8.52. The maximum atomic E-state index is 12.2. The first kappa shape index (κ1) is 17.5. The van der Waals surface area contributed by atoms with Gasteiger partial charge in [-0.05, 0) is 12.1 Å². The van der Waals surface area contributed by atoms with E-state index in [1.54, 1.807) is 6.20 Å². The number of carboxylic acids is 1. The van der Waals surface area contributed by atoms with Crippen molar-refractivity contribution in [3.8, 4) is 5.75 Å². The number of piperazine rings is 1. The van der Waals surface area contributed by atoms with Crippen molar-refractivity contribution >= 4 is 28.0 Å². The van der Waals surface area contributed by atoms with Crippen LogP contribution in [0.3, 0.4) is 0 Å². The number of rotatable bonds is 4. The molecule has 0 unspecified atom stereocenters. The molecule has 1 aromatic carbocycles. The molecule has 0 bridgehead atoms. The predicted molar refractivity (Wildman–Crippen MR) is 102 cm³/mol. The van der Waals surface area contributed by atoms with Crippen LogP contribution in [0, 0.1) is 0 Å². The average molecular weight is 386 g/mol. The monoisotopic (exact) mass is 386 g/mol. The Morgan fingerprint density at radius 3 is 2.52 bits per heavy atom. The summed E-state index contributed by atoms with van der Waals surface area (Å²) in [6.07, 6.45) is 1.63. The van der Waals surface area contributed by atoms with Crippen LogP contribution >= 0.6 is 11.3 Å². The Morgan fingerprint density at radius 1 is 1.15 bits per heavy atom. The number of anilines is 1. The number of para-hydroxylation sites is 1. The van der Waals surface area contributed by atoms with Crippen LogP contribution in [0.5, 0.6) is 5.75 Å². The molecule has 0 aliphatic carbocycles. The molecule has 9 heteroatoms. The number of hydrogen-bond donors (Lipinski definition) is 2. The highest BCUT2D eigenvalue weighted by Crippen LogP contribution is 2.21. The Balaban J connectivity index is 1.49. The zero-order valence-corrected chi connectivity index (χ0v) is 15.2. The summed E-state index contributed by atoms with van der Waals surface area (Å²) < 4.78 is 1.21. The Labute approximate surface area is 158 Å². The fraction of sp³-hybridized carbons (Fsp3) is 0.278. The van der Waals surface area contributed by atoms with E-state index in [1.807, 2.05) is 18.2 Å². The van der Waals surface area contributed by atoms with E-state index in [0.29, 0.717) is 6.54 Å². The van der Waals surface area contributed by atoms with E-state index in [2.05, 4.69) is 26.9 Å². The lowest BCUT2D eigenvalue weighted by molar-refractivity contribution is 0.0687. The van der Waals surface area contributed by atoms with E-state index in [1.165, 1.54) is 21.4 Å². The second-order valence-electron chi connectivity index (χ2n) is 6.37. The number of nitrogens with zero attached hydrogens (tertiary/aromatic N) is 4. The summed E-state index contributed by atoms with van der Waals surface area (Å²) in [4.78, 5) is 33.0. The Kier molecular flexibility index (Phi) is 4.54. The normalized spacial score (nSPS) is 15.3. The van der Waals surface area contributed by atoms with Gasteiger partial charge in [0, 0.05) is 49.5 Å². The minimum Gasteiger partial charge on any atom is -0.501 e. The minimum atomic E-state index is -1.42. The molecule has 140 valence electrons. The van der Waals surface area contributed by atoms with Crippen LogP contribution in [-0.2, 0) is 6.54 Å². The summed E-state index contributed by atoms with van der Waals surface area (Å²) in [5.41, 5.74) is -0.148. The number of benzene rings is 1. The molecular weight excluding hydrogens is 368 g/mol. The number of carbonyl (C=O) groups is 1. The van der Waals surface area contributed by atoms with Gasteiger partial charge in [0.05, 0.1) is 0 Å². The minimum absolute atomic E-state index is 0.271. The van der Waals surface area contributed by atoms with Crippen LogP contribution in [-0.4, -0.2) is 56.6 Å². The molecule has 3 heterocycles. The second kappa shape index (κ2) is 7.01. The van der Waals surface area contributed by atoms with Crippen molar-refractivity contribution in [1.29, 1.82) is 0 Å². The summed E-state index contributed by atoms with van der Waals surface area (Å²) in [6.45, 7) is 4.25. The van der Waals surface area contributed by atoms with Crippen molar-refractivity contribution in [3.05, 3.63) is 57.5 Å². The molecule has 3 aromatic rings. The lowest BCUT2D eigenvalue weighted by Crippen LogP contribution is -2.45. The summed E-state index contributed by atoms with van der Waals surface area (Å²) in [5.74, 6) is -2.25. The summed E-state index contributed by atoms with van der Waals surface area (Å²) >= 11 is 1.26. The van der Waals surface area contributed by atoms with Crippen molar-refractivity contribution in [3.63, 3.8) is 0 Å². The largest absolute Gasteiger partial charge is 0.501 e. The summed E-state index contributed by atoms with van der Waals surface area (Å²) in [7, 11) is 0. The topological polar surface area (TPSA) is 98.4 Å². The van der Waals surface area contributed by atoms with Crippen LogP contribution in [0.1, 0.15) is 15.4 Å². The zero-order valence-electron chi connectivity index (χ0n) is 14.4. The van der Waals surface area contributed by atoms with E-state index >= 15 is 0 Å².